The first-order chi connectivity index (χ1) is 8.16. The van der Waals surface area contributed by atoms with Crippen LogP contribution < -0.4 is 5.73 Å². The van der Waals surface area contributed by atoms with E-state index in [9.17, 15) is 0 Å². The lowest BCUT2D eigenvalue weighted by atomic mass is 10.0. The number of ether oxygens (including phenoxy) is 2. The highest BCUT2D eigenvalue weighted by Crippen LogP contribution is 2.27. The Balaban J connectivity index is 2.63. The van der Waals surface area contributed by atoms with Crippen molar-refractivity contribution in [1.82, 2.24) is 0 Å². The lowest BCUT2D eigenvalue weighted by Gasteiger charge is -2.23. The van der Waals surface area contributed by atoms with E-state index in [1.165, 1.54) is 0 Å². The molecule has 2 unspecified atom stereocenters. The van der Waals surface area contributed by atoms with Crippen molar-refractivity contribution in [2.24, 2.45) is 5.73 Å². The Bertz CT molecular complexity index is 331. The summed E-state index contributed by atoms with van der Waals surface area (Å²) >= 11 is 3.52. The fourth-order valence-electron chi connectivity index (χ4n) is 1.61. The molecular weight excluding hydrogens is 282 g/mol. The molecule has 17 heavy (non-hydrogen) atoms. The van der Waals surface area contributed by atoms with Gasteiger partial charge in [-0.2, -0.15) is 0 Å². The van der Waals surface area contributed by atoms with Crippen LogP contribution in [0.15, 0.2) is 28.7 Å². The molecule has 0 aliphatic carbocycles. The fraction of sp³-hybridized carbons (Fsp3) is 0.538. The minimum atomic E-state index is -0.106. The molecule has 1 aromatic rings. The second-order valence-electron chi connectivity index (χ2n) is 3.87. The molecule has 0 bridgehead atoms. The maximum atomic E-state index is 5.97. The number of halogens is 1. The Kier molecular flexibility index (Phi) is 6.73. The van der Waals surface area contributed by atoms with Gasteiger partial charge in [-0.1, -0.05) is 34.1 Å². The van der Waals surface area contributed by atoms with Crippen LogP contribution in [-0.2, 0) is 9.47 Å². The largest absolute Gasteiger partial charge is 0.379 e. The molecule has 0 saturated heterocycles. The van der Waals surface area contributed by atoms with Gasteiger partial charge >= 0.3 is 0 Å². The van der Waals surface area contributed by atoms with Gasteiger partial charge in [-0.25, -0.2) is 0 Å². The van der Waals surface area contributed by atoms with E-state index in [0.717, 1.165) is 10.0 Å². The highest BCUT2D eigenvalue weighted by molar-refractivity contribution is 9.10. The molecule has 0 radical (unpaired) electrons. The average molecular weight is 302 g/mol. The first-order valence-electron chi connectivity index (χ1n) is 5.86. The summed E-state index contributed by atoms with van der Waals surface area (Å²) in [6, 6.07) is 7.93. The third-order valence-corrected chi connectivity index (χ3v) is 3.14. The standard InChI is InChI=1S/C13H20BrNO2/c1-3-16-8-9-17-13(10(2)15)11-6-4-5-7-12(11)14/h4-7,10,13H,3,8-9,15H2,1-2H3. The smallest absolute Gasteiger partial charge is 0.0985 e. The molecule has 4 heteroatoms. The van der Waals surface area contributed by atoms with Crippen molar-refractivity contribution in [3.63, 3.8) is 0 Å². The van der Waals surface area contributed by atoms with Gasteiger partial charge in [-0.3, -0.25) is 0 Å². The maximum Gasteiger partial charge on any atom is 0.0985 e. The minimum Gasteiger partial charge on any atom is -0.379 e. The van der Waals surface area contributed by atoms with Crippen LogP contribution >= 0.6 is 15.9 Å². The molecule has 0 aromatic heterocycles. The third kappa shape index (κ3) is 4.76. The molecule has 0 spiro atoms. The molecular formula is C13H20BrNO2. The zero-order valence-corrected chi connectivity index (χ0v) is 11.9. The minimum absolute atomic E-state index is 0.0599. The molecule has 0 fully saturated rings. The predicted octanol–water partition coefficient (Wildman–Crippen LogP) is 2.89. The second-order valence-corrected chi connectivity index (χ2v) is 4.72. The number of benzene rings is 1. The molecule has 0 aliphatic heterocycles. The summed E-state index contributed by atoms with van der Waals surface area (Å²) in [5.41, 5.74) is 7.05. The molecule has 96 valence electrons. The van der Waals surface area contributed by atoms with Gasteiger partial charge in [0.2, 0.25) is 0 Å². The first kappa shape index (κ1) is 14.6. The van der Waals surface area contributed by atoms with E-state index in [4.69, 9.17) is 15.2 Å². The van der Waals surface area contributed by atoms with Crippen LogP contribution in [0.1, 0.15) is 25.5 Å². The molecule has 1 aromatic carbocycles. The lowest BCUT2D eigenvalue weighted by molar-refractivity contribution is -0.00273. The van der Waals surface area contributed by atoms with E-state index in [-0.39, 0.29) is 12.1 Å². The lowest BCUT2D eigenvalue weighted by Crippen LogP contribution is -2.28. The summed E-state index contributed by atoms with van der Waals surface area (Å²) in [5, 5.41) is 0. The summed E-state index contributed by atoms with van der Waals surface area (Å²) in [7, 11) is 0. The highest BCUT2D eigenvalue weighted by atomic mass is 79.9. The highest BCUT2D eigenvalue weighted by Gasteiger charge is 2.18. The Morgan fingerprint density at radius 2 is 2.00 bits per heavy atom. The van der Waals surface area contributed by atoms with Crippen molar-refractivity contribution in [3.8, 4) is 0 Å². The number of rotatable bonds is 7. The van der Waals surface area contributed by atoms with E-state index < -0.39 is 0 Å². The van der Waals surface area contributed by atoms with Crippen LogP contribution in [-0.4, -0.2) is 25.9 Å². The molecule has 0 aliphatic rings. The Labute approximate surface area is 111 Å². The third-order valence-electron chi connectivity index (χ3n) is 2.42. The van der Waals surface area contributed by atoms with Gasteiger partial charge < -0.3 is 15.2 Å². The molecule has 0 saturated carbocycles. The van der Waals surface area contributed by atoms with Crippen molar-refractivity contribution in [2.75, 3.05) is 19.8 Å². The summed E-state index contributed by atoms with van der Waals surface area (Å²) in [4.78, 5) is 0. The van der Waals surface area contributed by atoms with Gasteiger partial charge in [-0.15, -0.1) is 0 Å². The number of hydrogen-bond donors (Lipinski definition) is 1. The van der Waals surface area contributed by atoms with Crippen LogP contribution in [0, 0.1) is 0 Å². The van der Waals surface area contributed by atoms with Gasteiger partial charge in [0, 0.05) is 17.1 Å². The average Bonchev–Trinajstić information content (AvgIpc) is 2.30. The zero-order valence-electron chi connectivity index (χ0n) is 10.4. The molecule has 1 rings (SSSR count). The van der Waals surface area contributed by atoms with Crippen molar-refractivity contribution < 1.29 is 9.47 Å². The molecule has 2 atom stereocenters. The zero-order chi connectivity index (χ0) is 12.7. The van der Waals surface area contributed by atoms with E-state index >= 15 is 0 Å². The summed E-state index contributed by atoms with van der Waals surface area (Å²) in [5.74, 6) is 0. The molecule has 3 nitrogen and oxygen atoms in total. The summed E-state index contributed by atoms with van der Waals surface area (Å²) in [6.07, 6.45) is -0.106. The Morgan fingerprint density at radius 1 is 1.29 bits per heavy atom. The first-order valence-corrected chi connectivity index (χ1v) is 6.65. The van der Waals surface area contributed by atoms with Gasteiger partial charge in [0.15, 0.2) is 0 Å². The van der Waals surface area contributed by atoms with Crippen molar-refractivity contribution >= 4 is 15.9 Å². The van der Waals surface area contributed by atoms with Crippen LogP contribution in [0.5, 0.6) is 0 Å². The number of nitrogens with two attached hydrogens (primary N) is 1. The summed E-state index contributed by atoms with van der Waals surface area (Å²) in [6.45, 7) is 5.79. The van der Waals surface area contributed by atoms with E-state index in [1.54, 1.807) is 0 Å². The Morgan fingerprint density at radius 3 is 2.59 bits per heavy atom. The van der Waals surface area contributed by atoms with Crippen LogP contribution in [0.4, 0.5) is 0 Å². The monoisotopic (exact) mass is 301 g/mol. The van der Waals surface area contributed by atoms with Gasteiger partial charge in [-0.05, 0) is 25.5 Å². The number of hydrogen-bond acceptors (Lipinski definition) is 3. The van der Waals surface area contributed by atoms with Gasteiger partial charge in [0.05, 0.1) is 19.3 Å². The van der Waals surface area contributed by atoms with Gasteiger partial charge in [0.1, 0.15) is 0 Å². The second kappa shape index (κ2) is 7.82. The van der Waals surface area contributed by atoms with E-state index in [0.29, 0.717) is 19.8 Å². The van der Waals surface area contributed by atoms with Crippen LogP contribution in [0.3, 0.4) is 0 Å². The SMILES string of the molecule is CCOCCOC(c1ccccc1Br)C(C)N. The normalized spacial score (nSPS) is 14.6. The quantitative estimate of drug-likeness (QED) is 0.788. The molecule has 2 N–H and O–H groups in total. The molecule has 0 amide bonds. The van der Waals surface area contributed by atoms with Crippen LogP contribution in [0.25, 0.3) is 0 Å². The van der Waals surface area contributed by atoms with E-state index in [2.05, 4.69) is 15.9 Å². The topological polar surface area (TPSA) is 44.5 Å². The van der Waals surface area contributed by atoms with Gasteiger partial charge in [0.25, 0.3) is 0 Å². The van der Waals surface area contributed by atoms with Crippen molar-refractivity contribution in [2.45, 2.75) is 26.0 Å². The summed E-state index contributed by atoms with van der Waals surface area (Å²) < 4.78 is 12.1. The van der Waals surface area contributed by atoms with Crippen molar-refractivity contribution in [3.05, 3.63) is 34.3 Å². The van der Waals surface area contributed by atoms with Crippen LogP contribution in [0.2, 0.25) is 0 Å². The Hall–Kier alpha value is -0.420. The predicted molar refractivity (Wildman–Crippen MR) is 73.0 cm³/mol. The molecule has 0 heterocycles. The maximum absolute atomic E-state index is 5.97. The van der Waals surface area contributed by atoms with E-state index in [1.807, 2.05) is 38.1 Å². The fourth-order valence-corrected chi connectivity index (χ4v) is 2.12. The van der Waals surface area contributed by atoms with Crippen molar-refractivity contribution in [1.29, 1.82) is 0 Å².